The van der Waals surface area contributed by atoms with Crippen molar-refractivity contribution in [3.05, 3.63) is 11.6 Å². The van der Waals surface area contributed by atoms with Crippen molar-refractivity contribution in [1.29, 1.82) is 0 Å². The minimum absolute atomic E-state index is 0.180. The van der Waals surface area contributed by atoms with Crippen LogP contribution in [0.25, 0.3) is 0 Å². The molecule has 0 bridgehead atoms. The van der Waals surface area contributed by atoms with Crippen LogP contribution in [-0.2, 0) is 0 Å². The van der Waals surface area contributed by atoms with E-state index in [-0.39, 0.29) is 17.6 Å². The Morgan fingerprint density at radius 3 is 2.29 bits per heavy atom. The Hall–Kier alpha value is -1.39. The highest BCUT2D eigenvalue weighted by molar-refractivity contribution is 5.90. The lowest BCUT2D eigenvalue weighted by Crippen LogP contribution is -2.25. The van der Waals surface area contributed by atoms with Gasteiger partial charge < -0.3 is 5.32 Å². The van der Waals surface area contributed by atoms with Crippen LogP contribution < -0.4 is 5.32 Å². The number of aromatic nitrogens is 3. The SMILES string of the molecule is CCCCCCCCCCNC(=O)c1n[nH]c(C(C)C)n1. The van der Waals surface area contributed by atoms with Crippen molar-refractivity contribution in [1.82, 2.24) is 20.5 Å². The summed E-state index contributed by atoms with van der Waals surface area (Å²) in [5.41, 5.74) is 0. The molecule has 0 saturated heterocycles. The fourth-order valence-corrected chi connectivity index (χ4v) is 2.17. The first-order valence-corrected chi connectivity index (χ1v) is 8.35. The number of H-pyrrole nitrogens is 1. The third-order valence-corrected chi connectivity index (χ3v) is 3.57. The van der Waals surface area contributed by atoms with Gasteiger partial charge in [0.05, 0.1) is 0 Å². The molecule has 0 spiro atoms. The van der Waals surface area contributed by atoms with E-state index in [0.717, 1.165) is 12.2 Å². The van der Waals surface area contributed by atoms with Crippen LogP contribution in [0.5, 0.6) is 0 Å². The quantitative estimate of drug-likeness (QED) is 0.610. The zero-order valence-electron chi connectivity index (χ0n) is 13.7. The van der Waals surface area contributed by atoms with E-state index in [4.69, 9.17) is 0 Å². The zero-order chi connectivity index (χ0) is 15.5. The van der Waals surface area contributed by atoms with Crippen LogP contribution in [0, 0.1) is 0 Å². The fourth-order valence-electron chi connectivity index (χ4n) is 2.17. The Morgan fingerprint density at radius 2 is 1.71 bits per heavy atom. The molecule has 0 unspecified atom stereocenters. The van der Waals surface area contributed by atoms with Gasteiger partial charge in [0.25, 0.3) is 5.91 Å². The molecule has 21 heavy (non-hydrogen) atoms. The van der Waals surface area contributed by atoms with Gasteiger partial charge >= 0.3 is 0 Å². The number of carbonyl (C=O) groups excluding carboxylic acids is 1. The largest absolute Gasteiger partial charge is 0.349 e. The molecule has 0 aliphatic heterocycles. The van der Waals surface area contributed by atoms with Crippen LogP contribution >= 0.6 is 0 Å². The van der Waals surface area contributed by atoms with Crippen LogP contribution in [-0.4, -0.2) is 27.6 Å². The van der Waals surface area contributed by atoms with Crippen LogP contribution in [0.3, 0.4) is 0 Å². The summed E-state index contributed by atoms with van der Waals surface area (Å²) >= 11 is 0. The second-order valence-corrected chi connectivity index (χ2v) is 5.93. The van der Waals surface area contributed by atoms with Gasteiger partial charge in [-0.3, -0.25) is 9.89 Å². The van der Waals surface area contributed by atoms with Crippen molar-refractivity contribution in [2.75, 3.05) is 6.54 Å². The fraction of sp³-hybridized carbons (Fsp3) is 0.812. The summed E-state index contributed by atoms with van der Waals surface area (Å²) in [4.78, 5) is 16.0. The summed E-state index contributed by atoms with van der Waals surface area (Å²) in [6.07, 6.45) is 10.1. The summed E-state index contributed by atoms with van der Waals surface area (Å²) in [7, 11) is 0. The van der Waals surface area contributed by atoms with Crippen LogP contribution in [0.2, 0.25) is 0 Å². The maximum Gasteiger partial charge on any atom is 0.290 e. The molecule has 0 aromatic carbocycles. The van der Waals surface area contributed by atoms with Gasteiger partial charge in [0, 0.05) is 12.5 Å². The number of nitrogens with zero attached hydrogens (tertiary/aromatic N) is 2. The summed E-state index contributed by atoms with van der Waals surface area (Å²) in [6, 6.07) is 0. The van der Waals surface area contributed by atoms with Crippen molar-refractivity contribution in [3.63, 3.8) is 0 Å². The third-order valence-electron chi connectivity index (χ3n) is 3.57. The second-order valence-electron chi connectivity index (χ2n) is 5.93. The Balaban J connectivity index is 2.05. The zero-order valence-corrected chi connectivity index (χ0v) is 13.7. The lowest BCUT2D eigenvalue weighted by molar-refractivity contribution is 0.0943. The molecular formula is C16H30N4O. The number of amides is 1. The minimum Gasteiger partial charge on any atom is -0.349 e. The van der Waals surface area contributed by atoms with Crippen LogP contribution in [0.15, 0.2) is 0 Å². The van der Waals surface area contributed by atoms with Gasteiger partial charge in [-0.25, -0.2) is 4.98 Å². The molecule has 0 aliphatic rings. The molecule has 5 heteroatoms. The molecular weight excluding hydrogens is 264 g/mol. The number of rotatable bonds is 11. The van der Waals surface area contributed by atoms with Crippen molar-refractivity contribution in [3.8, 4) is 0 Å². The topological polar surface area (TPSA) is 70.7 Å². The smallest absolute Gasteiger partial charge is 0.290 e. The summed E-state index contributed by atoms with van der Waals surface area (Å²) < 4.78 is 0. The molecule has 0 fully saturated rings. The molecule has 0 saturated carbocycles. The van der Waals surface area contributed by atoms with Crippen molar-refractivity contribution in [2.24, 2.45) is 0 Å². The molecule has 1 aromatic heterocycles. The van der Waals surface area contributed by atoms with Crippen molar-refractivity contribution in [2.45, 2.75) is 78.1 Å². The molecule has 120 valence electrons. The molecule has 1 amide bonds. The first kappa shape index (κ1) is 17.7. The van der Waals surface area contributed by atoms with Crippen LogP contribution in [0.4, 0.5) is 0 Å². The van der Waals surface area contributed by atoms with Crippen LogP contribution in [0.1, 0.15) is 94.5 Å². The molecule has 5 nitrogen and oxygen atoms in total. The second kappa shape index (κ2) is 10.4. The standard InChI is InChI=1S/C16H30N4O/c1-4-5-6-7-8-9-10-11-12-17-16(21)15-18-14(13(2)3)19-20-15/h13H,4-12H2,1-3H3,(H,17,21)(H,18,19,20). The number of nitrogens with one attached hydrogen (secondary N) is 2. The molecule has 0 atom stereocenters. The van der Waals surface area contributed by atoms with Crippen molar-refractivity contribution >= 4 is 5.91 Å². The van der Waals surface area contributed by atoms with Gasteiger partial charge in [0.2, 0.25) is 5.82 Å². The van der Waals surface area contributed by atoms with E-state index in [0.29, 0.717) is 6.54 Å². The molecule has 1 rings (SSSR count). The normalized spacial score (nSPS) is 11.0. The van der Waals surface area contributed by atoms with E-state index in [9.17, 15) is 4.79 Å². The molecule has 0 radical (unpaired) electrons. The van der Waals surface area contributed by atoms with Gasteiger partial charge in [0.1, 0.15) is 5.82 Å². The minimum atomic E-state index is -0.180. The highest BCUT2D eigenvalue weighted by Gasteiger charge is 2.13. The van der Waals surface area contributed by atoms with E-state index >= 15 is 0 Å². The Morgan fingerprint density at radius 1 is 1.10 bits per heavy atom. The Labute approximate surface area is 128 Å². The van der Waals surface area contributed by atoms with Gasteiger partial charge in [-0.1, -0.05) is 65.7 Å². The molecule has 2 N–H and O–H groups in total. The first-order valence-electron chi connectivity index (χ1n) is 8.35. The summed E-state index contributed by atoms with van der Waals surface area (Å²) in [5, 5.41) is 9.62. The lowest BCUT2D eigenvalue weighted by Gasteiger charge is -2.03. The third kappa shape index (κ3) is 7.25. The van der Waals surface area contributed by atoms with Gasteiger partial charge in [-0.05, 0) is 6.42 Å². The number of unbranched alkanes of at least 4 members (excludes halogenated alkanes) is 7. The highest BCUT2D eigenvalue weighted by atomic mass is 16.2. The number of aromatic amines is 1. The summed E-state index contributed by atoms with van der Waals surface area (Å²) in [5.74, 6) is 1.08. The summed E-state index contributed by atoms with van der Waals surface area (Å²) in [6.45, 7) is 6.98. The predicted molar refractivity (Wildman–Crippen MR) is 85.4 cm³/mol. The molecule has 1 heterocycles. The maximum atomic E-state index is 11.8. The number of hydrogen-bond acceptors (Lipinski definition) is 3. The average Bonchev–Trinajstić information content (AvgIpc) is 2.95. The van der Waals surface area contributed by atoms with Gasteiger partial charge in [-0.2, -0.15) is 0 Å². The average molecular weight is 294 g/mol. The first-order chi connectivity index (χ1) is 10.1. The predicted octanol–water partition coefficient (Wildman–Crippen LogP) is 3.80. The van der Waals surface area contributed by atoms with Gasteiger partial charge in [0.15, 0.2) is 0 Å². The number of hydrogen-bond donors (Lipinski definition) is 2. The Bertz CT molecular complexity index is 401. The molecule has 0 aliphatic carbocycles. The Kier molecular flexibility index (Phi) is 8.71. The van der Waals surface area contributed by atoms with E-state index in [1.54, 1.807) is 0 Å². The van der Waals surface area contributed by atoms with Crippen molar-refractivity contribution < 1.29 is 4.79 Å². The van der Waals surface area contributed by atoms with E-state index < -0.39 is 0 Å². The van der Waals surface area contributed by atoms with E-state index in [2.05, 4.69) is 27.4 Å². The highest BCUT2D eigenvalue weighted by Crippen LogP contribution is 2.09. The van der Waals surface area contributed by atoms with E-state index in [1.807, 2.05) is 13.8 Å². The molecule has 1 aromatic rings. The van der Waals surface area contributed by atoms with Gasteiger partial charge in [-0.15, -0.1) is 5.10 Å². The maximum absolute atomic E-state index is 11.8. The monoisotopic (exact) mass is 294 g/mol. The van der Waals surface area contributed by atoms with E-state index in [1.165, 1.54) is 44.9 Å². The lowest BCUT2D eigenvalue weighted by atomic mass is 10.1. The number of carbonyl (C=O) groups is 1.